The summed E-state index contributed by atoms with van der Waals surface area (Å²) in [6.45, 7) is 11.0. The number of benzene rings is 2. The van der Waals surface area contributed by atoms with Crippen LogP contribution in [0.3, 0.4) is 0 Å². The summed E-state index contributed by atoms with van der Waals surface area (Å²) >= 11 is 0. The van der Waals surface area contributed by atoms with Gasteiger partial charge in [0.05, 0.1) is 9.79 Å². The van der Waals surface area contributed by atoms with E-state index >= 15 is 0 Å². The van der Waals surface area contributed by atoms with E-state index in [1.165, 1.54) is 32.7 Å². The van der Waals surface area contributed by atoms with Gasteiger partial charge < -0.3 is 10.2 Å². The van der Waals surface area contributed by atoms with Gasteiger partial charge in [-0.15, -0.1) is 0 Å². The van der Waals surface area contributed by atoms with Gasteiger partial charge in [0.25, 0.3) is 0 Å². The van der Waals surface area contributed by atoms with E-state index in [-0.39, 0.29) is 16.9 Å². The van der Waals surface area contributed by atoms with Crippen molar-refractivity contribution in [3.63, 3.8) is 0 Å². The second kappa shape index (κ2) is 8.41. The van der Waals surface area contributed by atoms with Gasteiger partial charge in [0.15, 0.2) is 0 Å². The summed E-state index contributed by atoms with van der Waals surface area (Å²) in [5.74, 6) is 1.03. The first-order chi connectivity index (χ1) is 11.8. The summed E-state index contributed by atoms with van der Waals surface area (Å²) in [6, 6.07) is 11.6. The van der Waals surface area contributed by atoms with Crippen LogP contribution in [0.2, 0.25) is 0 Å². The summed E-state index contributed by atoms with van der Waals surface area (Å²) in [4.78, 5) is 1.67. The average Bonchev–Trinajstić information content (AvgIpc) is 2.61. The molecule has 2 aromatic rings. The molecule has 0 spiro atoms. The van der Waals surface area contributed by atoms with Crippen molar-refractivity contribution >= 4 is 21.6 Å². The van der Waals surface area contributed by atoms with Crippen molar-refractivity contribution in [1.82, 2.24) is 0 Å². The van der Waals surface area contributed by atoms with Gasteiger partial charge in [-0.1, -0.05) is 46.8 Å². The van der Waals surface area contributed by atoms with Crippen LogP contribution in [0, 0.1) is 0 Å². The molecule has 0 aliphatic rings. The molecule has 0 aliphatic heterocycles. The Morgan fingerprint density at radius 2 is 1.48 bits per heavy atom. The first-order valence-electron chi connectivity index (χ1n) is 8.79. The van der Waals surface area contributed by atoms with E-state index in [1.807, 2.05) is 12.1 Å². The van der Waals surface area contributed by atoms with Gasteiger partial charge >= 0.3 is 0 Å². The van der Waals surface area contributed by atoms with E-state index in [2.05, 4.69) is 46.8 Å². The van der Waals surface area contributed by atoms with Gasteiger partial charge in [-0.3, -0.25) is 0 Å². The van der Waals surface area contributed by atoms with E-state index < -0.39 is 0 Å². The quantitative estimate of drug-likeness (QED) is 0.506. The summed E-state index contributed by atoms with van der Waals surface area (Å²) in [5.41, 5.74) is 2.52. The molecule has 2 rings (SSSR count). The number of rotatable bonds is 7. The third kappa shape index (κ3) is 4.89. The molecule has 0 heterocycles. The zero-order valence-electron chi connectivity index (χ0n) is 15.7. The Labute approximate surface area is 159 Å². The highest BCUT2D eigenvalue weighted by molar-refractivity contribution is 8.76. The van der Waals surface area contributed by atoms with Crippen molar-refractivity contribution in [1.29, 1.82) is 0 Å². The third-order valence-corrected chi connectivity index (χ3v) is 7.44. The smallest absolute Gasteiger partial charge is 0.130 e. The fraction of sp³-hybridized carbons (Fsp3) is 0.429. The molecule has 1 atom stereocenters. The maximum absolute atomic E-state index is 10.2. The van der Waals surface area contributed by atoms with Crippen LogP contribution in [0.1, 0.15) is 64.5 Å². The zero-order chi connectivity index (χ0) is 18.6. The summed E-state index contributed by atoms with van der Waals surface area (Å²) in [5, 5.41) is 20.4. The van der Waals surface area contributed by atoms with E-state index in [1.54, 1.807) is 12.1 Å². The third-order valence-electron chi connectivity index (χ3n) is 5.01. The minimum Gasteiger partial charge on any atom is -0.507 e. The van der Waals surface area contributed by atoms with E-state index in [0.29, 0.717) is 5.92 Å². The van der Waals surface area contributed by atoms with Gasteiger partial charge in [0, 0.05) is 0 Å². The number of hydrogen-bond acceptors (Lipinski definition) is 4. The minimum atomic E-state index is 0.0757. The fourth-order valence-electron chi connectivity index (χ4n) is 2.44. The molecule has 0 saturated carbocycles. The molecule has 2 aromatic carbocycles. The molecule has 0 fully saturated rings. The number of phenolic OH excluding ortho intramolecular Hbond substituents is 2. The molecule has 1 unspecified atom stereocenters. The Balaban J connectivity index is 2.23. The Morgan fingerprint density at radius 3 is 2.04 bits per heavy atom. The van der Waals surface area contributed by atoms with Crippen LogP contribution in [0.25, 0.3) is 0 Å². The maximum Gasteiger partial charge on any atom is 0.130 e. The van der Waals surface area contributed by atoms with E-state index in [9.17, 15) is 10.2 Å². The predicted molar refractivity (Wildman–Crippen MR) is 110 cm³/mol. The predicted octanol–water partition coefficient (Wildman–Crippen LogP) is 7.10. The molecule has 0 bridgehead atoms. The summed E-state index contributed by atoms with van der Waals surface area (Å²) in [7, 11) is 2.98. The largest absolute Gasteiger partial charge is 0.507 e. The SMILES string of the molecule is CCC(C)c1ccc(O)c(SSc2cc(C(C)(C)CC)ccc2O)c1. The number of phenols is 2. The van der Waals surface area contributed by atoms with Crippen molar-refractivity contribution in [3.05, 3.63) is 47.5 Å². The Hall–Kier alpha value is -1.26. The Morgan fingerprint density at radius 1 is 0.920 bits per heavy atom. The zero-order valence-corrected chi connectivity index (χ0v) is 17.3. The topological polar surface area (TPSA) is 40.5 Å². The van der Waals surface area contributed by atoms with Crippen LogP contribution in [-0.4, -0.2) is 10.2 Å². The van der Waals surface area contributed by atoms with Gasteiger partial charge in [-0.05, 0) is 81.2 Å². The monoisotopic (exact) mass is 376 g/mol. The number of hydrogen-bond donors (Lipinski definition) is 2. The highest BCUT2D eigenvalue weighted by Crippen LogP contribution is 2.46. The van der Waals surface area contributed by atoms with Gasteiger partial charge in [0.1, 0.15) is 11.5 Å². The van der Waals surface area contributed by atoms with E-state index in [0.717, 1.165) is 22.6 Å². The van der Waals surface area contributed by atoms with Crippen molar-refractivity contribution in [2.24, 2.45) is 0 Å². The molecule has 0 amide bonds. The molecule has 0 aliphatic carbocycles. The van der Waals surface area contributed by atoms with Gasteiger partial charge in [-0.25, -0.2) is 0 Å². The first-order valence-corrected chi connectivity index (χ1v) is 10.9. The molecule has 136 valence electrons. The molecular weight excluding hydrogens is 348 g/mol. The minimum absolute atomic E-state index is 0.0757. The number of aromatic hydroxyl groups is 2. The Kier molecular flexibility index (Phi) is 6.75. The molecule has 25 heavy (non-hydrogen) atoms. The van der Waals surface area contributed by atoms with Crippen LogP contribution < -0.4 is 0 Å². The van der Waals surface area contributed by atoms with Crippen LogP contribution >= 0.6 is 21.6 Å². The average molecular weight is 377 g/mol. The molecule has 0 saturated heterocycles. The maximum atomic E-state index is 10.2. The van der Waals surface area contributed by atoms with Gasteiger partial charge in [-0.2, -0.15) is 0 Å². The van der Waals surface area contributed by atoms with Crippen LogP contribution in [0.15, 0.2) is 46.2 Å². The van der Waals surface area contributed by atoms with Crippen molar-refractivity contribution in [3.8, 4) is 11.5 Å². The van der Waals surface area contributed by atoms with Crippen LogP contribution in [0.5, 0.6) is 11.5 Å². The molecule has 4 heteroatoms. The lowest BCUT2D eigenvalue weighted by Crippen LogP contribution is -2.15. The fourth-order valence-corrected chi connectivity index (χ4v) is 4.62. The molecule has 2 N–H and O–H groups in total. The highest BCUT2D eigenvalue weighted by atomic mass is 33.1. The lowest BCUT2D eigenvalue weighted by molar-refractivity contribution is 0.458. The lowest BCUT2D eigenvalue weighted by Gasteiger charge is -2.24. The highest BCUT2D eigenvalue weighted by Gasteiger charge is 2.20. The molecule has 0 aromatic heterocycles. The van der Waals surface area contributed by atoms with Crippen molar-refractivity contribution in [2.45, 2.75) is 68.6 Å². The molecule has 2 nitrogen and oxygen atoms in total. The van der Waals surface area contributed by atoms with Crippen LogP contribution in [0.4, 0.5) is 0 Å². The first kappa shape index (κ1) is 20.1. The van der Waals surface area contributed by atoms with Gasteiger partial charge in [0.2, 0.25) is 0 Å². The summed E-state index contributed by atoms with van der Waals surface area (Å²) < 4.78 is 0. The van der Waals surface area contributed by atoms with E-state index in [4.69, 9.17) is 0 Å². The lowest BCUT2D eigenvalue weighted by atomic mass is 9.82. The van der Waals surface area contributed by atoms with Crippen molar-refractivity contribution < 1.29 is 10.2 Å². The molecule has 0 radical (unpaired) electrons. The van der Waals surface area contributed by atoms with Crippen LogP contribution in [-0.2, 0) is 5.41 Å². The normalized spacial score (nSPS) is 13.0. The summed E-state index contributed by atoms with van der Waals surface area (Å²) in [6.07, 6.45) is 2.10. The van der Waals surface area contributed by atoms with Crippen molar-refractivity contribution in [2.75, 3.05) is 0 Å². The Bertz CT molecular complexity index is 726. The second-order valence-electron chi connectivity index (χ2n) is 7.12. The molecular formula is C21H28O2S2. The second-order valence-corrected chi connectivity index (χ2v) is 9.34. The standard InChI is InChI=1S/C21H28O2S2/c1-6-14(3)15-8-10-17(22)19(12-15)24-25-20-13-16(9-11-18(20)23)21(4,5)7-2/h8-14,22-23H,6-7H2,1-5H3.